The molecule has 0 unspecified atom stereocenters. The predicted octanol–water partition coefficient (Wildman–Crippen LogP) is 1.33. The van der Waals surface area contributed by atoms with Crippen LogP contribution < -0.4 is 10.7 Å². The summed E-state index contributed by atoms with van der Waals surface area (Å²) >= 11 is 0. The second kappa shape index (κ2) is 6.75. The first-order chi connectivity index (χ1) is 9.15. The van der Waals surface area contributed by atoms with E-state index in [0.29, 0.717) is 12.8 Å². The van der Waals surface area contributed by atoms with Crippen LogP contribution in [0.25, 0.3) is 0 Å². The molecule has 0 aromatic carbocycles. The van der Waals surface area contributed by atoms with Crippen molar-refractivity contribution in [1.29, 1.82) is 0 Å². The molecule has 0 radical (unpaired) electrons. The lowest BCUT2D eigenvalue weighted by Gasteiger charge is -2.30. The summed E-state index contributed by atoms with van der Waals surface area (Å²) in [6.07, 6.45) is 6.32. The smallest absolute Gasteiger partial charge is 0.329 e. The fraction of sp³-hybridized carbons (Fsp3) is 0.846. The molecule has 0 spiro atoms. The largest absolute Gasteiger partial charge is 0.481 e. The summed E-state index contributed by atoms with van der Waals surface area (Å²) < 4.78 is 0. The standard InChI is InChI=1S/C13H23N3O3/c17-12(18)10-4-6-11(7-5-10)14-13(19)15-16-8-2-1-3-9-16/h10-11H,1-9H2,(H,17,18)(H2,14,15,19). The van der Waals surface area contributed by atoms with Gasteiger partial charge in [0.05, 0.1) is 5.92 Å². The van der Waals surface area contributed by atoms with Gasteiger partial charge >= 0.3 is 12.0 Å². The number of carboxylic acid groups (broad SMARTS) is 1. The van der Waals surface area contributed by atoms with Gasteiger partial charge < -0.3 is 10.4 Å². The number of carbonyl (C=O) groups is 2. The molecule has 0 atom stereocenters. The Bertz CT molecular complexity index is 321. The molecule has 1 saturated heterocycles. The number of nitrogens with zero attached hydrogens (tertiary/aromatic N) is 1. The van der Waals surface area contributed by atoms with Crippen molar-refractivity contribution in [2.75, 3.05) is 13.1 Å². The lowest BCUT2D eigenvalue weighted by atomic mass is 9.86. The van der Waals surface area contributed by atoms with Gasteiger partial charge in [0, 0.05) is 19.1 Å². The Balaban J connectivity index is 1.67. The summed E-state index contributed by atoms with van der Waals surface area (Å²) in [5.74, 6) is -0.945. The van der Waals surface area contributed by atoms with E-state index in [4.69, 9.17) is 5.11 Å². The number of amides is 2. The Hall–Kier alpha value is -1.30. The summed E-state index contributed by atoms with van der Waals surface area (Å²) in [7, 11) is 0. The zero-order valence-electron chi connectivity index (χ0n) is 11.2. The summed E-state index contributed by atoms with van der Waals surface area (Å²) in [6, 6.07) is -0.0407. The molecule has 1 aliphatic carbocycles. The van der Waals surface area contributed by atoms with Crippen LogP contribution in [-0.2, 0) is 4.79 Å². The van der Waals surface area contributed by atoms with Crippen LogP contribution >= 0.6 is 0 Å². The first-order valence-corrected chi connectivity index (χ1v) is 7.20. The second-order valence-corrected chi connectivity index (χ2v) is 5.52. The van der Waals surface area contributed by atoms with Crippen LogP contribution in [-0.4, -0.2) is 41.2 Å². The Morgan fingerprint density at radius 1 is 1.00 bits per heavy atom. The van der Waals surface area contributed by atoms with Crippen molar-refractivity contribution in [1.82, 2.24) is 15.8 Å². The van der Waals surface area contributed by atoms with Gasteiger partial charge in [-0.15, -0.1) is 0 Å². The quantitative estimate of drug-likeness (QED) is 0.722. The van der Waals surface area contributed by atoms with Gasteiger partial charge in [0.2, 0.25) is 0 Å². The molecule has 0 bridgehead atoms. The minimum Gasteiger partial charge on any atom is -0.481 e. The van der Waals surface area contributed by atoms with Gasteiger partial charge in [-0.05, 0) is 38.5 Å². The first-order valence-electron chi connectivity index (χ1n) is 7.20. The number of hydrazine groups is 1. The monoisotopic (exact) mass is 269 g/mol. The molecular formula is C13H23N3O3. The van der Waals surface area contributed by atoms with Crippen LogP contribution in [0, 0.1) is 5.92 Å². The summed E-state index contributed by atoms with van der Waals surface area (Å²) in [6.45, 7) is 1.83. The number of rotatable bonds is 3. The topological polar surface area (TPSA) is 81.7 Å². The number of aliphatic carboxylic acids is 1. The Morgan fingerprint density at radius 3 is 2.21 bits per heavy atom. The van der Waals surface area contributed by atoms with Gasteiger partial charge in [-0.3, -0.25) is 10.2 Å². The van der Waals surface area contributed by atoms with Crippen LogP contribution in [0.2, 0.25) is 0 Å². The third kappa shape index (κ3) is 4.38. The maximum Gasteiger partial charge on any atom is 0.329 e. The SMILES string of the molecule is O=C(NC1CCC(C(=O)O)CC1)NN1CCCCC1. The van der Waals surface area contributed by atoms with E-state index < -0.39 is 5.97 Å². The molecular weight excluding hydrogens is 246 g/mol. The van der Waals surface area contributed by atoms with E-state index in [0.717, 1.165) is 38.8 Å². The van der Waals surface area contributed by atoms with Crippen LogP contribution in [0.1, 0.15) is 44.9 Å². The van der Waals surface area contributed by atoms with Crippen molar-refractivity contribution in [3.63, 3.8) is 0 Å². The van der Waals surface area contributed by atoms with Crippen LogP contribution in [0.4, 0.5) is 4.79 Å². The lowest BCUT2D eigenvalue weighted by molar-refractivity contribution is -0.142. The molecule has 3 N–H and O–H groups in total. The zero-order valence-corrected chi connectivity index (χ0v) is 11.2. The Morgan fingerprint density at radius 2 is 1.63 bits per heavy atom. The van der Waals surface area contributed by atoms with E-state index in [9.17, 15) is 9.59 Å². The van der Waals surface area contributed by atoms with Gasteiger partial charge in [-0.25, -0.2) is 9.80 Å². The van der Waals surface area contributed by atoms with Crippen molar-refractivity contribution in [3.8, 4) is 0 Å². The van der Waals surface area contributed by atoms with Gasteiger partial charge in [-0.2, -0.15) is 0 Å². The van der Waals surface area contributed by atoms with Crippen molar-refractivity contribution in [3.05, 3.63) is 0 Å². The van der Waals surface area contributed by atoms with E-state index in [-0.39, 0.29) is 18.0 Å². The third-order valence-corrected chi connectivity index (χ3v) is 4.03. The van der Waals surface area contributed by atoms with Crippen molar-refractivity contribution < 1.29 is 14.7 Å². The molecule has 6 nitrogen and oxygen atoms in total. The molecule has 108 valence electrons. The molecule has 1 heterocycles. The molecule has 2 amide bonds. The van der Waals surface area contributed by atoms with Crippen LogP contribution in [0.3, 0.4) is 0 Å². The van der Waals surface area contributed by atoms with E-state index in [1.54, 1.807) is 0 Å². The highest BCUT2D eigenvalue weighted by molar-refractivity contribution is 5.74. The Labute approximate surface area is 113 Å². The molecule has 1 saturated carbocycles. The summed E-state index contributed by atoms with van der Waals surface area (Å²) in [5.41, 5.74) is 2.87. The first kappa shape index (κ1) is 14.1. The number of carboxylic acids is 1. The Kier molecular flexibility index (Phi) is 5.01. The zero-order chi connectivity index (χ0) is 13.7. The van der Waals surface area contributed by atoms with E-state index in [1.807, 2.05) is 5.01 Å². The average molecular weight is 269 g/mol. The minimum atomic E-state index is -0.712. The van der Waals surface area contributed by atoms with E-state index in [2.05, 4.69) is 10.7 Å². The van der Waals surface area contributed by atoms with Crippen molar-refractivity contribution in [2.45, 2.75) is 51.0 Å². The van der Waals surface area contributed by atoms with E-state index in [1.165, 1.54) is 6.42 Å². The highest BCUT2D eigenvalue weighted by atomic mass is 16.4. The number of piperidine rings is 1. The second-order valence-electron chi connectivity index (χ2n) is 5.52. The molecule has 2 fully saturated rings. The lowest BCUT2D eigenvalue weighted by Crippen LogP contribution is -2.52. The van der Waals surface area contributed by atoms with Crippen molar-refractivity contribution in [2.24, 2.45) is 5.92 Å². The van der Waals surface area contributed by atoms with Gasteiger partial charge in [0.1, 0.15) is 0 Å². The van der Waals surface area contributed by atoms with Gasteiger partial charge in [0.15, 0.2) is 0 Å². The molecule has 2 aliphatic rings. The predicted molar refractivity (Wildman–Crippen MR) is 70.5 cm³/mol. The number of nitrogens with one attached hydrogen (secondary N) is 2. The molecule has 1 aliphatic heterocycles. The normalized spacial score (nSPS) is 28.6. The number of hydrogen-bond acceptors (Lipinski definition) is 3. The maximum absolute atomic E-state index is 11.8. The molecule has 2 rings (SSSR count). The minimum absolute atomic E-state index is 0.111. The molecule has 0 aromatic rings. The average Bonchev–Trinajstić information content (AvgIpc) is 2.40. The highest BCUT2D eigenvalue weighted by Gasteiger charge is 2.27. The third-order valence-electron chi connectivity index (χ3n) is 4.03. The summed E-state index contributed by atoms with van der Waals surface area (Å²) in [4.78, 5) is 22.7. The fourth-order valence-electron chi connectivity index (χ4n) is 2.85. The van der Waals surface area contributed by atoms with Gasteiger partial charge in [-0.1, -0.05) is 6.42 Å². The molecule has 19 heavy (non-hydrogen) atoms. The number of carbonyl (C=O) groups excluding carboxylic acids is 1. The van der Waals surface area contributed by atoms with Crippen molar-refractivity contribution >= 4 is 12.0 Å². The number of hydrogen-bond donors (Lipinski definition) is 3. The summed E-state index contributed by atoms with van der Waals surface area (Å²) in [5, 5.41) is 13.8. The number of urea groups is 1. The van der Waals surface area contributed by atoms with E-state index >= 15 is 0 Å². The maximum atomic E-state index is 11.8. The molecule has 6 heteroatoms. The van der Waals surface area contributed by atoms with Crippen LogP contribution in [0.15, 0.2) is 0 Å². The molecule has 0 aromatic heterocycles. The highest BCUT2D eigenvalue weighted by Crippen LogP contribution is 2.24. The fourth-order valence-corrected chi connectivity index (χ4v) is 2.85. The van der Waals surface area contributed by atoms with Crippen LogP contribution in [0.5, 0.6) is 0 Å². The van der Waals surface area contributed by atoms with Gasteiger partial charge in [0.25, 0.3) is 0 Å².